The second kappa shape index (κ2) is 11.6. The molecule has 10 heteroatoms. The predicted octanol–water partition coefficient (Wildman–Crippen LogP) is 5.14. The molecule has 0 unspecified atom stereocenters. The number of anilines is 1. The molecule has 0 N–H and O–H groups in total. The molecule has 0 saturated carbocycles. The molecule has 33 heavy (non-hydrogen) atoms. The molecule has 6 nitrogen and oxygen atoms in total. The van der Waals surface area contributed by atoms with Gasteiger partial charge in [0.1, 0.15) is 0 Å². The molecule has 0 aliphatic rings. The molecule has 0 radical (unpaired) electrons. The lowest BCUT2D eigenvalue weighted by molar-refractivity contribution is -0.118. The molecule has 1 amide bonds. The first-order valence-electron chi connectivity index (χ1n) is 10.4. The maximum Gasteiger partial charge on any atom is 0.229 e. The van der Waals surface area contributed by atoms with Crippen LogP contribution < -0.4 is 4.90 Å². The van der Waals surface area contributed by atoms with E-state index in [0.717, 1.165) is 34.3 Å². The number of hydrogen-bond donors (Lipinski definition) is 0. The molecule has 0 aliphatic carbocycles. The van der Waals surface area contributed by atoms with Crippen molar-refractivity contribution in [1.82, 2.24) is 9.88 Å². The van der Waals surface area contributed by atoms with Crippen molar-refractivity contribution < 1.29 is 13.2 Å². The summed E-state index contributed by atoms with van der Waals surface area (Å²) in [7, 11) is 0.402. The van der Waals surface area contributed by atoms with E-state index >= 15 is 0 Å². The molecule has 180 valence electrons. The molecule has 0 spiro atoms. The number of rotatable bonds is 9. The molecular weight excluding hydrogens is 501 g/mol. The van der Waals surface area contributed by atoms with Gasteiger partial charge in [-0.2, -0.15) is 0 Å². The van der Waals surface area contributed by atoms with Crippen molar-refractivity contribution >= 4 is 66.4 Å². The molecule has 3 rings (SSSR count). The number of halogens is 2. The summed E-state index contributed by atoms with van der Waals surface area (Å²) >= 11 is 7.66. The Balaban J connectivity index is 0.00000385. The van der Waals surface area contributed by atoms with Crippen molar-refractivity contribution in [3.8, 4) is 0 Å². The smallest absolute Gasteiger partial charge is 0.229 e. The van der Waals surface area contributed by atoms with Gasteiger partial charge in [-0.1, -0.05) is 40.6 Å². The Hall–Kier alpha value is -1.71. The number of benzene rings is 2. The zero-order valence-corrected chi connectivity index (χ0v) is 22.4. The van der Waals surface area contributed by atoms with Crippen LogP contribution in [0, 0.1) is 13.8 Å². The average Bonchev–Trinajstić information content (AvgIpc) is 3.17. The number of amides is 1. The number of carbonyl (C=O) groups excluding carboxylic acids is 1. The minimum atomic E-state index is -3.55. The lowest BCUT2D eigenvalue weighted by atomic mass is 10.2. The minimum absolute atomic E-state index is 0. The van der Waals surface area contributed by atoms with Gasteiger partial charge in [0, 0.05) is 18.0 Å². The quantitative estimate of drug-likeness (QED) is 0.383. The highest BCUT2D eigenvalue weighted by Crippen LogP contribution is 2.34. The van der Waals surface area contributed by atoms with Crippen LogP contribution in [0.15, 0.2) is 41.3 Å². The third-order valence-corrected chi connectivity index (χ3v) is 8.41. The molecule has 2 aromatic carbocycles. The molecule has 0 bridgehead atoms. The highest BCUT2D eigenvalue weighted by Gasteiger charge is 2.23. The summed E-state index contributed by atoms with van der Waals surface area (Å²) < 4.78 is 26.4. The molecule has 1 aromatic heterocycles. The number of nitrogens with zero attached hydrogens (tertiary/aromatic N) is 3. The van der Waals surface area contributed by atoms with E-state index in [2.05, 4.69) is 4.98 Å². The van der Waals surface area contributed by atoms with Crippen molar-refractivity contribution in [2.75, 3.05) is 37.8 Å². The van der Waals surface area contributed by atoms with Crippen molar-refractivity contribution in [1.29, 1.82) is 0 Å². The van der Waals surface area contributed by atoms with E-state index in [1.807, 2.05) is 45.0 Å². The Morgan fingerprint density at radius 3 is 2.36 bits per heavy atom. The van der Waals surface area contributed by atoms with E-state index < -0.39 is 9.84 Å². The summed E-state index contributed by atoms with van der Waals surface area (Å²) in [6.07, 6.45) is 0.646. The van der Waals surface area contributed by atoms with E-state index in [9.17, 15) is 13.2 Å². The number of sulfone groups is 1. The summed E-state index contributed by atoms with van der Waals surface area (Å²) in [6, 6.07) is 10.4. The van der Waals surface area contributed by atoms with E-state index in [1.54, 1.807) is 29.2 Å². The standard InChI is InChI=1S/C23H28ClN3O3S2.ClH/c1-16-6-8-18(9-7-16)32(29,30)15-12-21(28)27(14-5-13-26(3)4)23-25-22-17(2)19(24)10-11-20(22)31-23;/h6-11H,5,12-15H2,1-4H3;1H. The number of aryl methyl sites for hydroxylation is 2. The second-order valence-corrected chi connectivity index (χ2v) is 11.6. The average molecular weight is 531 g/mol. The van der Waals surface area contributed by atoms with Crippen LogP contribution in [0.5, 0.6) is 0 Å². The molecule has 0 fully saturated rings. The highest BCUT2D eigenvalue weighted by atomic mass is 35.5. The maximum absolute atomic E-state index is 13.2. The van der Waals surface area contributed by atoms with Crippen LogP contribution in [0.4, 0.5) is 5.13 Å². The third-order valence-electron chi connectivity index (χ3n) is 5.22. The van der Waals surface area contributed by atoms with Crippen LogP contribution in [0.3, 0.4) is 0 Å². The van der Waals surface area contributed by atoms with Gasteiger partial charge in [0.05, 0.1) is 20.9 Å². The predicted molar refractivity (Wildman–Crippen MR) is 140 cm³/mol. The van der Waals surface area contributed by atoms with E-state index in [0.29, 0.717) is 16.7 Å². The van der Waals surface area contributed by atoms with E-state index in [4.69, 9.17) is 11.6 Å². The minimum Gasteiger partial charge on any atom is -0.309 e. The lowest BCUT2D eigenvalue weighted by Gasteiger charge is -2.21. The van der Waals surface area contributed by atoms with Crippen molar-refractivity contribution in [2.24, 2.45) is 0 Å². The first kappa shape index (κ1) is 27.5. The molecule has 0 saturated heterocycles. The van der Waals surface area contributed by atoms with Crippen LogP contribution >= 0.6 is 35.3 Å². The highest BCUT2D eigenvalue weighted by molar-refractivity contribution is 7.91. The van der Waals surface area contributed by atoms with Gasteiger partial charge in [-0.15, -0.1) is 12.4 Å². The fourth-order valence-electron chi connectivity index (χ4n) is 3.30. The van der Waals surface area contributed by atoms with Crippen LogP contribution in [-0.2, 0) is 14.6 Å². The summed E-state index contributed by atoms with van der Waals surface area (Å²) in [5.41, 5.74) is 2.63. The van der Waals surface area contributed by atoms with Crippen molar-refractivity contribution in [2.45, 2.75) is 31.6 Å². The molecule has 3 aromatic rings. The molecule has 0 atom stereocenters. The number of thiazole rings is 1. The summed E-state index contributed by atoms with van der Waals surface area (Å²) in [6.45, 7) is 5.08. The fourth-order valence-corrected chi connectivity index (χ4v) is 5.75. The number of fused-ring (bicyclic) bond motifs is 1. The first-order chi connectivity index (χ1) is 15.1. The number of carbonyl (C=O) groups is 1. The molecule has 0 aliphatic heterocycles. The lowest BCUT2D eigenvalue weighted by Crippen LogP contribution is -2.34. The Morgan fingerprint density at radius 1 is 1.06 bits per heavy atom. The Morgan fingerprint density at radius 2 is 1.73 bits per heavy atom. The summed E-state index contributed by atoms with van der Waals surface area (Å²) in [5.74, 6) is -0.489. The zero-order chi connectivity index (χ0) is 23.5. The van der Waals surface area contributed by atoms with Gasteiger partial charge < -0.3 is 4.90 Å². The monoisotopic (exact) mass is 529 g/mol. The Labute approximate surface area is 210 Å². The van der Waals surface area contributed by atoms with Gasteiger partial charge in [0.15, 0.2) is 15.0 Å². The molecular formula is C23H29Cl2N3O3S2. The van der Waals surface area contributed by atoms with Gasteiger partial charge in [0.25, 0.3) is 0 Å². The summed E-state index contributed by atoms with van der Waals surface area (Å²) in [4.78, 5) is 21.8. The summed E-state index contributed by atoms with van der Waals surface area (Å²) in [5, 5.41) is 1.20. The van der Waals surface area contributed by atoms with Gasteiger partial charge in [-0.05, 0) is 70.7 Å². The van der Waals surface area contributed by atoms with Crippen molar-refractivity contribution in [3.63, 3.8) is 0 Å². The van der Waals surface area contributed by atoms with Crippen LogP contribution in [0.25, 0.3) is 10.2 Å². The Bertz CT molecular complexity index is 1210. The van der Waals surface area contributed by atoms with Gasteiger partial charge in [-0.25, -0.2) is 13.4 Å². The van der Waals surface area contributed by atoms with Gasteiger partial charge in [0.2, 0.25) is 5.91 Å². The normalized spacial score (nSPS) is 11.6. The zero-order valence-electron chi connectivity index (χ0n) is 19.2. The largest absolute Gasteiger partial charge is 0.309 e. The van der Waals surface area contributed by atoms with Gasteiger partial charge in [-0.3, -0.25) is 9.69 Å². The third kappa shape index (κ3) is 6.90. The van der Waals surface area contributed by atoms with Crippen LogP contribution in [0.2, 0.25) is 5.02 Å². The maximum atomic E-state index is 13.2. The van der Waals surface area contributed by atoms with Crippen LogP contribution in [-0.4, -0.2) is 57.1 Å². The number of aromatic nitrogens is 1. The second-order valence-electron chi connectivity index (χ2n) is 8.10. The Kier molecular flexibility index (Phi) is 9.70. The molecule has 1 heterocycles. The van der Waals surface area contributed by atoms with Gasteiger partial charge >= 0.3 is 0 Å². The van der Waals surface area contributed by atoms with Crippen LogP contribution in [0.1, 0.15) is 24.0 Å². The first-order valence-corrected chi connectivity index (χ1v) is 13.2. The van der Waals surface area contributed by atoms with E-state index in [-0.39, 0.29) is 35.4 Å². The van der Waals surface area contributed by atoms with E-state index in [1.165, 1.54) is 11.3 Å². The SMILES string of the molecule is Cc1ccc(S(=O)(=O)CCC(=O)N(CCCN(C)C)c2nc3c(C)c(Cl)ccc3s2)cc1.Cl. The fraction of sp³-hybridized carbons (Fsp3) is 0.391. The topological polar surface area (TPSA) is 70.6 Å². The number of hydrogen-bond acceptors (Lipinski definition) is 6. The van der Waals surface area contributed by atoms with Crippen molar-refractivity contribution in [3.05, 3.63) is 52.5 Å².